The number of likely N-dealkylation sites (N-methyl/N-ethyl adjacent to an activating group) is 1. The van der Waals surface area contributed by atoms with Crippen LogP contribution in [0.2, 0.25) is 0 Å². The van der Waals surface area contributed by atoms with Crippen molar-refractivity contribution in [1.82, 2.24) is 10.6 Å². The first kappa shape index (κ1) is 17.3. The van der Waals surface area contributed by atoms with Crippen molar-refractivity contribution in [2.45, 2.75) is 6.04 Å². The van der Waals surface area contributed by atoms with Gasteiger partial charge in [0, 0.05) is 12.7 Å². The molecular formula is C16H14F3N3O2. The van der Waals surface area contributed by atoms with Crippen molar-refractivity contribution in [1.29, 1.82) is 0 Å². The van der Waals surface area contributed by atoms with Gasteiger partial charge in [0.15, 0.2) is 11.6 Å². The Balaban J connectivity index is 2.16. The molecule has 0 heterocycles. The first-order valence-corrected chi connectivity index (χ1v) is 6.90. The third-order valence-corrected chi connectivity index (χ3v) is 3.16. The third kappa shape index (κ3) is 4.25. The first-order valence-electron chi connectivity index (χ1n) is 6.90. The molecule has 8 heteroatoms. The summed E-state index contributed by atoms with van der Waals surface area (Å²) in [5.41, 5.74) is 0.373. The Morgan fingerprint density at radius 1 is 0.958 bits per heavy atom. The van der Waals surface area contributed by atoms with Crippen LogP contribution >= 0.6 is 0 Å². The van der Waals surface area contributed by atoms with Gasteiger partial charge in [-0.15, -0.1) is 0 Å². The summed E-state index contributed by atoms with van der Waals surface area (Å²) in [4.78, 5) is 23.9. The quantitative estimate of drug-likeness (QED) is 0.803. The minimum absolute atomic E-state index is 0.0718. The van der Waals surface area contributed by atoms with Gasteiger partial charge in [0.05, 0.1) is 0 Å². The maximum atomic E-state index is 13.4. The molecule has 2 rings (SSSR count). The molecule has 0 aliphatic carbocycles. The largest absolute Gasteiger partial charge is 0.357 e. The average Bonchev–Trinajstić information content (AvgIpc) is 2.56. The Hall–Kier alpha value is -3.03. The normalized spacial score (nSPS) is 11.5. The molecule has 0 bridgehead atoms. The van der Waals surface area contributed by atoms with Gasteiger partial charge in [-0.2, -0.15) is 0 Å². The molecule has 0 radical (unpaired) electrons. The van der Waals surface area contributed by atoms with E-state index in [-0.39, 0.29) is 5.56 Å². The summed E-state index contributed by atoms with van der Waals surface area (Å²) < 4.78 is 39.2. The summed E-state index contributed by atoms with van der Waals surface area (Å²) in [5.74, 6) is -3.28. The molecule has 3 N–H and O–H groups in total. The zero-order chi connectivity index (χ0) is 17.7. The summed E-state index contributed by atoms with van der Waals surface area (Å²) in [6, 6.07) is 5.86. The lowest BCUT2D eigenvalue weighted by molar-refractivity contribution is -0.122. The number of carbonyl (C=O) groups excluding carboxylic acids is 2. The number of benzene rings is 2. The molecule has 0 fully saturated rings. The van der Waals surface area contributed by atoms with Gasteiger partial charge in [0.2, 0.25) is 5.91 Å². The fourth-order valence-electron chi connectivity index (χ4n) is 1.97. The SMILES string of the molecule is CNC(=O)[C@@H](NC(=O)Nc1ccc(F)cc1)c1ccc(F)c(F)c1. The highest BCUT2D eigenvalue weighted by Crippen LogP contribution is 2.17. The van der Waals surface area contributed by atoms with Crippen LogP contribution in [0.15, 0.2) is 42.5 Å². The molecule has 0 aromatic heterocycles. The fraction of sp³-hybridized carbons (Fsp3) is 0.125. The average molecular weight is 337 g/mol. The highest BCUT2D eigenvalue weighted by Gasteiger charge is 2.23. The Kier molecular flexibility index (Phi) is 5.41. The van der Waals surface area contributed by atoms with Gasteiger partial charge in [-0.25, -0.2) is 18.0 Å². The smallest absolute Gasteiger partial charge is 0.320 e. The standard InChI is InChI=1S/C16H14F3N3O2/c1-20-15(23)14(9-2-7-12(18)13(19)8-9)22-16(24)21-11-5-3-10(17)4-6-11/h2-8,14H,1H3,(H,20,23)(H2,21,22,24)/t14-/m0/s1. The molecule has 2 aromatic rings. The van der Waals surface area contributed by atoms with Crippen molar-refractivity contribution in [2.75, 3.05) is 12.4 Å². The van der Waals surface area contributed by atoms with Crippen LogP contribution in [-0.2, 0) is 4.79 Å². The molecule has 0 spiro atoms. The minimum atomic E-state index is -1.23. The van der Waals surface area contributed by atoms with Gasteiger partial charge in [0.25, 0.3) is 0 Å². The molecule has 0 unspecified atom stereocenters. The van der Waals surface area contributed by atoms with E-state index in [1.54, 1.807) is 0 Å². The number of urea groups is 1. The molecule has 0 aliphatic rings. The van der Waals surface area contributed by atoms with Crippen LogP contribution in [0, 0.1) is 17.5 Å². The summed E-state index contributed by atoms with van der Waals surface area (Å²) in [6.07, 6.45) is 0. The maximum Gasteiger partial charge on any atom is 0.320 e. The van der Waals surface area contributed by atoms with Crippen LogP contribution in [0.5, 0.6) is 0 Å². The van der Waals surface area contributed by atoms with Crippen molar-refractivity contribution < 1.29 is 22.8 Å². The number of carbonyl (C=O) groups is 2. The second-order valence-corrected chi connectivity index (χ2v) is 4.83. The van der Waals surface area contributed by atoms with Crippen LogP contribution < -0.4 is 16.0 Å². The molecule has 0 saturated carbocycles. The lowest BCUT2D eigenvalue weighted by Gasteiger charge is -2.18. The van der Waals surface area contributed by atoms with E-state index >= 15 is 0 Å². The molecule has 126 valence electrons. The Bertz CT molecular complexity index is 751. The van der Waals surface area contributed by atoms with E-state index in [2.05, 4.69) is 16.0 Å². The monoisotopic (exact) mass is 337 g/mol. The lowest BCUT2D eigenvalue weighted by Crippen LogP contribution is -2.41. The van der Waals surface area contributed by atoms with E-state index in [1.165, 1.54) is 25.2 Å². The summed E-state index contributed by atoms with van der Waals surface area (Å²) in [7, 11) is 1.34. The van der Waals surface area contributed by atoms with Crippen LogP contribution in [0.4, 0.5) is 23.7 Å². The number of halogens is 3. The van der Waals surface area contributed by atoms with Crippen LogP contribution in [-0.4, -0.2) is 19.0 Å². The number of anilines is 1. The minimum Gasteiger partial charge on any atom is -0.357 e. The first-order chi connectivity index (χ1) is 11.4. The molecule has 0 aliphatic heterocycles. The fourth-order valence-corrected chi connectivity index (χ4v) is 1.97. The third-order valence-electron chi connectivity index (χ3n) is 3.16. The van der Waals surface area contributed by atoms with Crippen LogP contribution in [0.3, 0.4) is 0 Å². The summed E-state index contributed by atoms with van der Waals surface area (Å²) in [6.45, 7) is 0. The van der Waals surface area contributed by atoms with E-state index in [0.29, 0.717) is 5.69 Å². The van der Waals surface area contributed by atoms with Gasteiger partial charge in [-0.1, -0.05) is 6.07 Å². The Labute approximate surface area is 135 Å². The van der Waals surface area contributed by atoms with E-state index < -0.39 is 35.4 Å². The molecular weight excluding hydrogens is 323 g/mol. The van der Waals surface area contributed by atoms with Gasteiger partial charge in [-0.3, -0.25) is 4.79 Å². The van der Waals surface area contributed by atoms with E-state index in [4.69, 9.17) is 0 Å². The van der Waals surface area contributed by atoms with Crippen molar-refractivity contribution >= 4 is 17.6 Å². The van der Waals surface area contributed by atoms with Crippen molar-refractivity contribution in [3.8, 4) is 0 Å². The highest BCUT2D eigenvalue weighted by atomic mass is 19.2. The van der Waals surface area contributed by atoms with E-state index in [1.807, 2.05) is 0 Å². The molecule has 5 nitrogen and oxygen atoms in total. The second kappa shape index (κ2) is 7.49. The number of hydrogen-bond acceptors (Lipinski definition) is 2. The molecule has 0 saturated heterocycles. The Morgan fingerprint density at radius 3 is 2.21 bits per heavy atom. The van der Waals surface area contributed by atoms with Crippen molar-refractivity contribution in [3.63, 3.8) is 0 Å². The topological polar surface area (TPSA) is 70.2 Å². The number of amides is 3. The van der Waals surface area contributed by atoms with Gasteiger partial charge >= 0.3 is 6.03 Å². The van der Waals surface area contributed by atoms with Crippen molar-refractivity contribution in [3.05, 3.63) is 65.5 Å². The van der Waals surface area contributed by atoms with Gasteiger partial charge < -0.3 is 16.0 Å². The van der Waals surface area contributed by atoms with Gasteiger partial charge in [-0.05, 0) is 42.0 Å². The molecule has 2 aromatic carbocycles. The van der Waals surface area contributed by atoms with Crippen LogP contribution in [0.25, 0.3) is 0 Å². The zero-order valence-electron chi connectivity index (χ0n) is 12.6. The molecule has 1 atom stereocenters. The summed E-state index contributed by atoms with van der Waals surface area (Å²) in [5, 5.41) is 7.09. The zero-order valence-corrected chi connectivity index (χ0v) is 12.6. The molecule has 24 heavy (non-hydrogen) atoms. The number of nitrogens with one attached hydrogen (secondary N) is 3. The van der Waals surface area contributed by atoms with Crippen molar-refractivity contribution in [2.24, 2.45) is 0 Å². The summed E-state index contributed by atoms with van der Waals surface area (Å²) >= 11 is 0. The predicted octanol–water partition coefficient (Wildman–Crippen LogP) is 2.71. The number of rotatable bonds is 4. The predicted molar refractivity (Wildman–Crippen MR) is 81.7 cm³/mol. The van der Waals surface area contributed by atoms with E-state index in [0.717, 1.165) is 24.3 Å². The number of hydrogen-bond donors (Lipinski definition) is 3. The van der Waals surface area contributed by atoms with Crippen LogP contribution in [0.1, 0.15) is 11.6 Å². The van der Waals surface area contributed by atoms with Gasteiger partial charge in [0.1, 0.15) is 11.9 Å². The highest BCUT2D eigenvalue weighted by molar-refractivity contribution is 5.94. The Morgan fingerprint density at radius 2 is 1.62 bits per heavy atom. The lowest BCUT2D eigenvalue weighted by atomic mass is 10.1. The molecule has 3 amide bonds. The van der Waals surface area contributed by atoms with E-state index in [9.17, 15) is 22.8 Å². The second-order valence-electron chi connectivity index (χ2n) is 4.83. The maximum absolute atomic E-state index is 13.4.